The molecule has 1 saturated heterocycles. The third kappa shape index (κ3) is 16.3. The number of Topliss-reactive ketones (excluding diaryl/α,β-unsaturated/α-hetero) is 1. The summed E-state index contributed by atoms with van der Waals surface area (Å²) >= 11 is 0. The molecule has 8 amide bonds. The van der Waals surface area contributed by atoms with Crippen molar-refractivity contribution in [2.45, 2.75) is 148 Å². The number of benzene rings is 5. The van der Waals surface area contributed by atoms with Gasteiger partial charge in [-0.1, -0.05) is 79.7 Å². The Morgan fingerprint density at radius 2 is 1.39 bits per heavy atom. The van der Waals surface area contributed by atoms with Gasteiger partial charge in [-0.2, -0.15) is 0 Å². The zero-order valence-electron chi connectivity index (χ0n) is 62.3. The van der Waals surface area contributed by atoms with Gasteiger partial charge >= 0.3 is 6.09 Å². The van der Waals surface area contributed by atoms with Crippen LogP contribution in [-0.4, -0.2) is 173 Å². The summed E-state index contributed by atoms with van der Waals surface area (Å²) in [5, 5.41) is 31.5. The molecule has 1 spiro atoms. The summed E-state index contributed by atoms with van der Waals surface area (Å²) in [6, 6.07) is 29.9. The molecule has 7 aromatic rings. The lowest BCUT2D eigenvalue weighted by molar-refractivity contribution is -0.132. The fraction of sp³-hybridized carbons (Fsp3) is 0.407. The summed E-state index contributed by atoms with van der Waals surface area (Å²) in [5.41, 5.74) is 8.91. The van der Waals surface area contributed by atoms with E-state index in [1.165, 1.54) is 39.5 Å². The van der Waals surface area contributed by atoms with Crippen molar-refractivity contribution in [1.82, 2.24) is 51.0 Å². The number of carbonyl (C=O) groups is 9. The number of aliphatic hydroxyl groups is 1. The third-order valence-electron chi connectivity index (χ3n) is 21.1. The van der Waals surface area contributed by atoms with Crippen LogP contribution in [0.25, 0.3) is 28.1 Å². The molecule has 5 N–H and O–H groups in total. The van der Waals surface area contributed by atoms with E-state index in [-0.39, 0.29) is 109 Å². The average Bonchev–Trinajstić information content (AvgIpc) is 1.58. The summed E-state index contributed by atoms with van der Waals surface area (Å²) in [6.45, 7) is 8.48. The minimum absolute atomic E-state index is 0.00105. The number of nitrogens with one attached hydrogen (secondary N) is 4. The molecule has 2 aromatic heterocycles. The topological polar surface area (TPSA) is 334 Å². The Bertz CT molecular complexity index is 4710. The predicted molar refractivity (Wildman–Crippen MR) is 400 cm³/mol. The number of rotatable bonds is 27. The molecule has 6 aliphatic rings. The molecule has 0 bridgehead atoms. The van der Waals surface area contributed by atoms with Crippen molar-refractivity contribution >= 4 is 70.2 Å². The van der Waals surface area contributed by atoms with Gasteiger partial charge in [0.2, 0.25) is 29.5 Å². The van der Waals surface area contributed by atoms with E-state index in [1.807, 2.05) is 108 Å². The van der Waals surface area contributed by atoms with Crippen LogP contribution in [0.1, 0.15) is 141 Å². The van der Waals surface area contributed by atoms with Gasteiger partial charge in [0.25, 0.3) is 11.8 Å². The van der Waals surface area contributed by atoms with Crippen LogP contribution in [0, 0.1) is 11.3 Å². The maximum Gasteiger partial charge on any atom is 0.416 e. The first-order chi connectivity index (χ1) is 52.5. The monoisotopic (exact) mass is 1490 g/mol. The van der Waals surface area contributed by atoms with Crippen molar-refractivity contribution < 1.29 is 76.7 Å². The van der Waals surface area contributed by atoms with Gasteiger partial charge in [0.05, 0.1) is 94.6 Å². The van der Waals surface area contributed by atoms with Crippen LogP contribution in [0.4, 0.5) is 16.2 Å². The maximum atomic E-state index is 14.5. The molecule has 5 aliphatic heterocycles. The van der Waals surface area contributed by atoms with Crippen LogP contribution >= 0.6 is 0 Å². The van der Waals surface area contributed by atoms with E-state index >= 15 is 0 Å². The number of ketones is 1. The van der Waals surface area contributed by atoms with E-state index in [9.17, 15) is 48.3 Å². The quantitative estimate of drug-likeness (QED) is 0.0301. The lowest BCUT2D eigenvalue weighted by Crippen LogP contribution is -2.54. The zero-order chi connectivity index (χ0) is 76.9. The Balaban J connectivity index is 0.569. The van der Waals surface area contributed by atoms with E-state index in [1.54, 1.807) is 49.0 Å². The van der Waals surface area contributed by atoms with Crippen molar-refractivity contribution in [2.75, 3.05) is 64.0 Å². The van der Waals surface area contributed by atoms with Crippen LogP contribution in [0.2, 0.25) is 0 Å². The lowest BCUT2D eigenvalue weighted by Gasteiger charge is -2.31. The molecular weight excluding hydrogens is 1400 g/mol. The molecular formula is C81H90N12O16. The van der Waals surface area contributed by atoms with Crippen LogP contribution in [-0.2, 0) is 59.5 Å². The SMILES string of the molecule is COc1ccc(C2=CN3C(=O)c4cc(OC)c(OCCCOc5cc6c(cc5OC)C(=O)N5CC7(CC7)C[C@H]5C(O)N6C(=O)OCc5ccc(CC(=O)[C@H](C)NC(=O)[C@@H](NC(=O)CNC(=O)CNC(=O)CCC(=O)N6Cc7ccccc7-c7nnn(C(C)C)c7-c7ccccc76)C(C)C)cn5)cc4CC[C@@H]3C2)cc1. The smallest absolute Gasteiger partial charge is 0.416 e. The Kier molecular flexibility index (Phi) is 22.5. The minimum Gasteiger partial charge on any atom is -0.497 e. The largest absolute Gasteiger partial charge is 0.497 e. The number of methoxy groups -OCH3 is 3. The Labute approximate surface area is 630 Å². The van der Waals surface area contributed by atoms with E-state index in [4.69, 9.17) is 28.4 Å². The third-order valence-corrected chi connectivity index (χ3v) is 21.1. The highest BCUT2D eigenvalue weighted by Gasteiger charge is 2.58. The van der Waals surface area contributed by atoms with Crippen LogP contribution in [0.5, 0.6) is 28.7 Å². The molecule has 5 atom stereocenters. The molecule has 1 saturated carbocycles. The fourth-order valence-corrected chi connectivity index (χ4v) is 14.9. The van der Waals surface area contributed by atoms with Gasteiger partial charge in [-0.05, 0) is 141 Å². The summed E-state index contributed by atoms with van der Waals surface area (Å²) in [5.74, 6) is -2.15. The van der Waals surface area contributed by atoms with Gasteiger partial charge in [0, 0.05) is 79.5 Å². The number of hydrogen-bond donors (Lipinski definition) is 5. The lowest BCUT2D eigenvalue weighted by atomic mass is 9.95. The number of carbonyl (C=O) groups excluding carboxylic acids is 9. The number of amides is 8. The molecule has 570 valence electrons. The number of aliphatic hydroxyl groups excluding tert-OH is 1. The second-order valence-corrected chi connectivity index (χ2v) is 29.1. The fourth-order valence-electron chi connectivity index (χ4n) is 14.9. The Morgan fingerprint density at radius 3 is 2.09 bits per heavy atom. The summed E-state index contributed by atoms with van der Waals surface area (Å²) < 4.78 is 37.1. The van der Waals surface area contributed by atoms with Crippen LogP contribution < -0.4 is 54.8 Å². The molecule has 0 radical (unpaired) electrons. The number of aromatic nitrogens is 4. The number of nitrogens with zero attached hydrogens (tertiary/aromatic N) is 8. The molecule has 1 unspecified atom stereocenters. The Hall–Kier alpha value is -11.7. The highest BCUT2D eigenvalue weighted by Crippen LogP contribution is 2.57. The molecule has 1 aliphatic carbocycles. The average molecular weight is 1490 g/mol. The molecule has 109 heavy (non-hydrogen) atoms. The van der Waals surface area contributed by atoms with Gasteiger partial charge in [0.15, 0.2) is 35.0 Å². The number of ether oxygens (including phenoxy) is 6. The summed E-state index contributed by atoms with van der Waals surface area (Å²) in [7, 11) is 4.60. The second kappa shape index (κ2) is 32.4. The molecule has 28 heteroatoms. The molecule has 7 heterocycles. The van der Waals surface area contributed by atoms with Crippen molar-refractivity contribution in [2.24, 2.45) is 11.3 Å². The van der Waals surface area contributed by atoms with E-state index in [0.717, 1.165) is 75.4 Å². The first kappa shape index (κ1) is 75.6. The summed E-state index contributed by atoms with van der Waals surface area (Å²) in [4.78, 5) is 134. The highest BCUT2D eigenvalue weighted by atomic mass is 16.6. The number of fused-ring (bicyclic) bond motifs is 9. The van der Waals surface area contributed by atoms with Gasteiger partial charge in [0.1, 0.15) is 24.1 Å². The highest BCUT2D eigenvalue weighted by molar-refractivity contribution is 6.07. The first-order valence-electron chi connectivity index (χ1n) is 36.9. The standard InChI is InChI=1S/C81H90N12O16/c1-46(2)73(86-71(97)41-84-70(96)40-83-69(95)26-27-72(98)90-42-52-14-9-10-15-57(52)74-75(93(47(3)4)88-87-74)58-16-11-12-17-61(58)90)76(99)85-48(5)64(94)32-49-18-22-54(82-39-49)44-109-80(103)92-62-37-68(66(106-8)36-60(62)78(101)91-45-81(28-29-81)38-63(91)79(92)102)108-31-13-30-107-67-34-51-19-23-55-33-53(50-20-24-56(104-6)25-21-50)43-89(55)77(100)59(51)35-65(67)105-7/h9-12,14-18,20-22,24-25,34-37,39,43,46-48,55,63,73,79,102H,13,19,23,26-33,38,40-42,44-45H2,1-8H3,(H,83,95)(H,84,96)(H,85,99)(H,86,97)/t48-,55+,63-,73-,79?/m0/s1. The van der Waals surface area contributed by atoms with E-state index in [0.29, 0.717) is 65.5 Å². The molecule has 5 aromatic carbocycles. The summed E-state index contributed by atoms with van der Waals surface area (Å²) in [6.07, 6.45) is 5.13. The van der Waals surface area contributed by atoms with Crippen molar-refractivity contribution in [3.63, 3.8) is 0 Å². The number of para-hydroxylation sites is 1. The maximum absolute atomic E-state index is 14.5. The normalized spacial score (nSPS) is 17.6. The van der Waals surface area contributed by atoms with Crippen LogP contribution in [0.15, 0.2) is 122 Å². The number of hydrogen-bond acceptors (Lipinski definition) is 19. The zero-order valence-corrected chi connectivity index (χ0v) is 62.3. The van der Waals surface area contributed by atoms with Gasteiger partial charge in [-0.15, -0.1) is 5.10 Å². The van der Waals surface area contributed by atoms with Gasteiger partial charge in [-0.25, -0.2) is 14.4 Å². The number of aryl methyl sites for hydroxylation is 1. The van der Waals surface area contributed by atoms with Crippen molar-refractivity contribution in [3.8, 4) is 51.3 Å². The van der Waals surface area contributed by atoms with Crippen molar-refractivity contribution in [1.29, 1.82) is 0 Å². The van der Waals surface area contributed by atoms with Crippen LogP contribution in [0.3, 0.4) is 0 Å². The second-order valence-electron chi connectivity index (χ2n) is 29.1. The van der Waals surface area contributed by atoms with Crippen molar-refractivity contribution in [3.05, 3.63) is 161 Å². The first-order valence-corrected chi connectivity index (χ1v) is 36.9. The Morgan fingerprint density at radius 1 is 0.697 bits per heavy atom. The van der Waals surface area contributed by atoms with E-state index in [2.05, 4.69) is 36.6 Å². The van der Waals surface area contributed by atoms with Gasteiger partial charge in [-0.3, -0.25) is 43.3 Å². The number of pyridine rings is 1. The minimum atomic E-state index is -1.51. The number of anilines is 2. The molecule has 13 rings (SSSR count). The molecule has 28 nitrogen and oxygen atoms in total. The van der Waals surface area contributed by atoms with Gasteiger partial charge < -0.3 is 69.5 Å². The predicted octanol–water partition coefficient (Wildman–Crippen LogP) is 8.45. The molecule has 2 fully saturated rings. The van der Waals surface area contributed by atoms with E-state index < -0.39 is 73.1 Å².